The molecule has 0 aliphatic rings. The van der Waals surface area contributed by atoms with Crippen LogP contribution in [-0.4, -0.2) is 21.1 Å². The Balaban J connectivity index is 1.98. The van der Waals surface area contributed by atoms with Crippen molar-refractivity contribution in [1.29, 1.82) is 0 Å². The third-order valence-electron chi connectivity index (χ3n) is 3.52. The molecule has 0 saturated carbocycles. The van der Waals surface area contributed by atoms with Crippen LogP contribution < -0.4 is 10.5 Å². The maximum Gasteiger partial charge on any atom is 0.221 e. The van der Waals surface area contributed by atoms with Crippen molar-refractivity contribution in [2.75, 3.05) is 5.73 Å². The van der Waals surface area contributed by atoms with Gasteiger partial charge in [-0.1, -0.05) is 23.7 Å². The lowest BCUT2D eigenvalue weighted by molar-refractivity contribution is 0.233. The molecule has 0 unspecified atom stereocenters. The number of benzene rings is 1. The quantitative estimate of drug-likeness (QED) is 0.744. The van der Waals surface area contributed by atoms with Crippen LogP contribution in [0.4, 0.5) is 5.95 Å². The van der Waals surface area contributed by atoms with E-state index in [4.69, 9.17) is 22.1 Å². The first-order valence-corrected chi connectivity index (χ1v) is 8.37. The summed E-state index contributed by atoms with van der Waals surface area (Å²) >= 11 is 6.15. The van der Waals surface area contributed by atoms with Crippen LogP contribution in [0.15, 0.2) is 48.9 Å². The Morgan fingerprint density at radius 3 is 2.44 bits per heavy atom. The van der Waals surface area contributed by atoms with E-state index in [1.807, 2.05) is 44.3 Å². The summed E-state index contributed by atoms with van der Waals surface area (Å²) in [5.41, 5.74) is 9.40. The average molecular weight is 355 g/mol. The summed E-state index contributed by atoms with van der Waals surface area (Å²) in [6.07, 6.45) is 5.94. The fourth-order valence-electron chi connectivity index (χ4n) is 2.46. The Bertz CT molecular complexity index is 866. The molecule has 2 N–H and O–H groups in total. The summed E-state index contributed by atoms with van der Waals surface area (Å²) in [7, 11) is 0. The minimum Gasteiger partial charge on any atom is -0.475 e. The summed E-state index contributed by atoms with van der Waals surface area (Å²) in [5.74, 6) is 0.858. The molecule has 5 nitrogen and oxygen atoms in total. The van der Waals surface area contributed by atoms with Gasteiger partial charge in [-0.3, -0.25) is 0 Å². The average Bonchev–Trinajstić information content (AvgIpc) is 2.58. The number of rotatable bonds is 5. The van der Waals surface area contributed by atoms with Gasteiger partial charge in [0.1, 0.15) is 0 Å². The van der Waals surface area contributed by atoms with Crippen molar-refractivity contribution in [3.8, 4) is 17.0 Å². The molecule has 3 rings (SSSR count). The van der Waals surface area contributed by atoms with E-state index in [2.05, 4.69) is 21.0 Å². The first kappa shape index (κ1) is 17.2. The summed E-state index contributed by atoms with van der Waals surface area (Å²) in [6, 6.07) is 9.72. The second-order valence-corrected chi connectivity index (χ2v) is 6.44. The molecule has 0 aliphatic heterocycles. The Hall–Kier alpha value is -2.66. The highest BCUT2D eigenvalue weighted by atomic mass is 35.5. The minimum atomic E-state index is 0.0294. The molecule has 0 amide bonds. The van der Waals surface area contributed by atoms with E-state index in [0.717, 1.165) is 22.3 Å². The van der Waals surface area contributed by atoms with Crippen molar-refractivity contribution < 1.29 is 4.74 Å². The van der Waals surface area contributed by atoms with Crippen LogP contribution in [-0.2, 0) is 6.42 Å². The van der Waals surface area contributed by atoms with Gasteiger partial charge in [0, 0.05) is 35.6 Å². The van der Waals surface area contributed by atoms with Crippen LogP contribution in [0.25, 0.3) is 11.1 Å². The molecule has 3 aromatic rings. The molecule has 2 heterocycles. The van der Waals surface area contributed by atoms with Gasteiger partial charge < -0.3 is 10.5 Å². The van der Waals surface area contributed by atoms with E-state index in [1.165, 1.54) is 0 Å². The number of nitrogens with zero attached hydrogens (tertiary/aromatic N) is 3. The third kappa shape index (κ3) is 4.45. The zero-order valence-corrected chi connectivity index (χ0v) is 14.9. The smallest absolute Gasteiger partial charge is 0.221 e. The highest BCUT2D eigenvalue weighted by Crippen LogP contribution is 2.31. The summed E-state index contributed by atoms with van der Waals surface area (Å²) in [5, 5.41) is 0.672. The normalized spacial score (nSPS) is 10.9. The molecule has 128 valence electrons. The maximum atomic E-state index is 6.15. The summed E-state index contributed by atoms with van der Waals surface area (Å²) in [6.45, 7) is 3.95. The van der Waals surface area contributed by atoms with Crippen molar-refractivity contribution in [1.82, 2.24) is 15.0 Å². The lowest BCUT2D eigenvalue weighted by Gasteiger charge is -2.15. The van der Waals surface area contributed by atoms with Gasteiger partial charge in [-0.05, 0) is 48.7 Å². The zero-order valence-electron chi connectivity index (χ0n) is 14.1. The molecule has 0 radical (unpaired) electrons. The molecule has 0 fully saturated rings. The predicted octanol–water partition coefficient (Wildman–Crippen LogP) is 4.15. The van der Waals surface area contributed by atoms with Crippen molar-refractivity contribution in [3.63, 3.8) is 0 Å². The number of anilines is 1. The number of pyridine rings is 1. The highest BCUT2D eigenvalue weighted by Gasteiger charge is 2.12. The molecule has 2 aromatic heterocycles. The van der Waals surface area contributed by atoms with E-state index >= 15 is 0 Å². The van der Waals surface area contributed by atoms with Gasteiger partial charge in [0.05, 0.1) is 6.10 Å². The number of hydrogen-bond acceptors (Lipinski definition) is 5. The van der Waals surface area contributed by atoms with Crippen LogP contribution >= 0.6 is 11.6 Å². The van der Waals surface area contributed by atoms with E-state index in [1.54, 1.807) is 12.4 Å². The lowest BCUT2D eigenvalue weighted by Crippen LogP contribution is -2.08. The molecule has 25 heavy (non-hydrogen) atoms. The Morgan fingerprint density at radius 1 is 1.04 bits per heavy atom. The standard InChI is InChI=1S/C19H19ClN4O/c1-12(2)25-18-17(15-4-3-5-16(20)8-15)7-13(9-22-18)6-14-10-23-19(21)24-11-14/h3-5,7-12H,6H2,1-2H3,(H2,21,23,24). The Morgan fingerprint density at radius 2 is 1.76 bits per heavy atom. The van der Waals surface area contributed by atoms with E-state index in [0.29, 0.717) is 17.3 Å². The molecule has 0 spiro atoms. The summed E-state index contributed by atoms with van der Waals surface area (Å²) in [4.78, 5) is 12.6. The molecule has 1 aromatic carbocycles. The van der Waals surface area contributed by atoms with Crippen molar-refractivity contribution >= 4 is 17.5 Å². The van der Waals surface area contributed by atoms with Crippen LogP contribution in [0.5, 0.6) is 5.88 Å². The topological polar surface area (TPSA) is 73.9 Å². The Labute approximate surface area is 151 Å². The first-order valence-electron chi connectivity index (χ1n) is 7.99. The van der Waals surface area contributed by atoms with Gasteiger partial charge in [-0.15, -0.1) is 0 Å². The highest BCUT2D eigenvalue weighted by molar-refractivity contribution is 6.30. The minimum absolute atomic E-state index is 0.0294. The SMILES string of the molecule is CC(C)Oc1ncc(Cc2cnc(N)nc2)cc1-c1cccc(Cl)c1. The Kier molecular flexibility index (Phi) is 5.14. The molecule has 0 atom stereocenters. The van der Waals surface area contributed by atoms with E-state index in [-0.39, 0.29) is 12.1 Å². The van der Waals surface area contributed by atoms with Gasteiger partial charge in [0.15, 0.2) is 0 Å². The van der Waals surface area contributed by atoms with Crippen LogP contribution in [0.1, 0.15) is 25.0 Å². The van der Waals surface area contributed by atoms with E-state index < -0.39 is 0 Å². The number of ether oxygens (including phenoxy) is 1. The van der Waals surface area contributed by atoms with E-state index in [9.17, 15) is 0 Å². The van der Waals surface area contributed by atoms with Crippen molar-refractivity contribution in [2.24, 2.45) is 0 Å². The number of hydrogen-bond donors (Lipinski definition) is 1. The lowest BCUT2D eigenvalue weighted by atomic mass is 10.0. The monoisotopic (exact) mass is 354 g/mol. The third-order valence-corrected chi connectivity index (χ3v) is 3.76. The number of aromatic nitrogens is 3. The second kappa shape index (κ2) is 7.49. The number of halogens is 1. The molecule has 0 saturated heterocycles. The van der Waals surface area contributed by atoms with Gasteiger partial charge >= 0.3 is 0 Å². The zero-order chi connectivity index (χ0) is 17.8. The maximum absolute atomic E-state index is 6.15. The summed E-state index contributed by atoms with van der Waals surface area (Å²) < 4.78 is 5.87. The first-order chi connectivity index (χ1) is 12.0. The predicted molar refractivity (Wildman–Crippen MR) is 99.7 cm³/mol. The molecule has 6 heteroatoms. The molecular formula is C19H19ClN4O. The van der Waals surface area contributed by atoms with Gasteiger partial charge in [0.25, 0.3) is 0 Å². The molecular weight excluding hydrogens is 336 g/mol. The number of nitrogens with two attached hydrogens (primary N) is 1. The van der Waals surface area contributed by atoms with Gasteiger partial charge in [-0.2, -0.15) is 0 Å². The fourth-order valence-corrected chi connectivity index (χ4v) is 2.65. The van der Waals surface area contributed by atoms with Crippen molar-refractivity contribution in [3.05, 3.63) is 65.1 Å². The molecule has 0 bridgehead atoms. The molecule has 0 aliphatic carbocycles. The largest absolute Gasteiger partial charge is 0.475 e. The van der Waals surface area contributed by atoms with Gasteiger partial charge in [0.2, 0.25) is 11.8 Å². The number of nitrogen functional groups attached to an aromatic ring is 1. The fraction of sp³-hybridized carbons (Fsp3) is 0.211. The van der Waals surface area contributed by atoms with Crippen LogP contribution in [0, 0.1) is 0 Å². The van der Waals surface area contributed by atoms with Gasteiger partial charge in [-0.25, -0.2) is 15.0 Å². The van der Waals surface area contributed by atoms with Crippen LogP contribution in [0.2, 0.25) is 5.02 Å². The second-order valence-electron chi connectivity index (χ2n) is 6.00. The van der Waals surface area contributed by atoms with Crippen LogP contribution in [0.3, 0.4) is 0 Å². The van der Waals surface area contributed by atoms with Crippen molar-refractivity contribution in [2.45, 2.75) is 26.4 Å².